The van der Waals surface area contributed by atoms with Crippen LogP contribution in [0.25, 0.3) is 0 Å². The first kappa shape index (κ1) is 10.7. The minimum atomic E-state index is 0.521. The van der Waals surface area contributed by atoms with Crippen molar-refractivity contribution in [3.05, 3.63) is 0 Å². The van der Waals surface area contributed by atoms with E-state index in [9.17, 15) is 0 Å². The maximum Gasteiger partial charge on any atom is 0.216 e. The minimum absolute atomic E-state index is 0.521. The molecule has 0 saturated heterocycles. The second-order valence-electron chi connectivity index (χ2n) is 3.97. The van der Waals surface area contributed by atoms with Crippen LogP contribution in [0.15, 0.2) is 0 Å². The molecule has 0 aromatic carbocycles. The molecule has 0 spiro atoms. The van der Waals surface area contributed by atoms with Gasteiger partial charge in [0.25, 0.3) is 0 Å². The number of rotatable bonds is 1. The zero-order valence-corrected chi connectivity index (χ0v) is 8.52. The third kappa shape index (κ3) is 5.00. The Morgan fingerprint density at radius 3 is 2.31 bits per heavy atom. The summed E-state index contributed by atoms with van der Waals surface area (Å²) >= 11 is 0. The molecule has 1 aliphatic carbocycles. The van der Waals surface area contributed by atoms with Crippen molar-refractivity contribution in [1.82, 2.24) is 0 Å². The molecule has 1 rings (SSSR count). The Hall–Kier alpha value is -0.415. The fourth-order valence-electron chi connectivity index (χ4n) is 2.03. The van der Waals surface area contributed by atoms with Crippen molar-refractivity contribution in [2.45, 2.75) is 50.8 Å². The second kappa shape index (κ2) is 7.03. The summed E-state index contributed by atoms with van der Waals surface area (Å²) in [6, 6.07) is 0. The zero-order valence-electron chi connectivity index (χ0n) is 8.52. The smallest absolute Gasteiger partial charge is 0.216 e. The molecule has 1 nitrogen and oxygen atoms in total. The largest absolute Gasteiger partial charge is 0.320 e. The predicted molar refractivity (Wildman–Crippen MR) is 60.0 cm³/mol. The second-order valence-corrected chi connectivity index (χ2v) is 3.97. The molecule has 0 atom stereocenters. The van der Waals surface area contributed by atoms with E-state index < -0.39 is 0 Å². The van der Waals surface area contributed by atoms with Crippen molar-refractivity contribution in [2.75, 3.05) is 6.54 Å². The van der Waals surface area contributed by atoms with Crippen LogP contribution in [-0.2, 0) is 0 Å². The van der Waals surface area contributed by atoms with Crippen LogP contribution in [0.3, 0.4) is 0 Å². The van der Waals surface area contributed by atoms with Gasteiger partial charge in [0.1, 0.15) is 0 Å². The van der Waals surface area contributed by atoms with Gasteiger partial charge in [0, 0.05) is 0 Å². The lowest BCUT2D eigenvalue weighted by molar-refractivity contribution is 0.503. The van der Waals surface area contributed by atoms with Gasteiger partial charge in [0.15, 0.2) is 0 Å². The lowest BCUT2D eigenvalue weighted by Gasteiger charge is -2.16. The third-order valence-electron chi connectivity index (χ3n) is 2.84. The molecule has 0 heterocycles. The molecule has 0 radical (unpaired) electrons. The van der Waals surface area contributed by atoms with Gasteiger partial charge in [-0.15, -0.1) is 5.92 Å². The highest BCUT2D eigenvalue weighted by molar-refractivity contribution is 6.47. The number of nitrogens with two attached hydrogens (primary N) is 1. The molecule has 2 heteroatoms. The third-order valence-corrected chi connectivity index (χ3v) is 2.84. The van der Waals surface area contributed by atoms with Crippen molar-refractivity contribution in [3.8, 4) is 11.7 Å². The summed E-state index contributed by atoms with van der Waals surface area (Å²) < 4.78 is 0. The molecule has 1 fully saturated rings. The van der Waals surface area contributed by atoms with Crippen LogP contribution in [-0.4, -0.2) is 13.8 Å². The fraction of sp³-hybridized carbons (Fsp3) is 0.818. The van der Waals surface area contributed by atoms with E-state index >= 15 is 0 Å². The molecule has 0 aliphatic heterocycles. The highest BCUT2D eigenvalue weighted by Crippen LogP contribution is 2.25. The van der Waals surface area contributed by atoms with Gasteiger partial charge in [0.05, 0.1) is 6.54 Å². The van der Waals surface area contributed by atoms with Crippen molar-refractivity contribution < 1.29 is 0 Å². The summed E-state index contributed by atoms with van der Waals surface area (Å²) in [5.74, 6) is 7.00. The quantitative estimate of drug-likeness (QED) is 0.480. The summed E-state index contributed by atoms with van der Waals surface area (Å²) in [5.41, 5.74) is 5.33. The Bertz CT molecular complexity index is 172. The molecule has 0 bridgehead atoms. The molecule has 72 valence electrons. The van der Waals surface area contributed by atoms with Gasteiger partial charge in [-0.05, 0) is 0 Å². The molecule has 0 aromatic heterocycles. The topological polar surface area (TPSA) is 26.0 Å². The number of hydrogen-bond donors (Lipinski definition) is 1. The van der Waals surface area contributed by atoms with Crippen LogP contribution < -0.4 is 5.73 Å². The summed E-state index contributed by atoms with van der Waals surface area (Å²) in [6.45, 7) is 0.521. The van der Waals surface area contributed by atoms with E-state index in [0.29, 0.717) is 6.54 Å². The first-order valence-electron chi connectivity index (χ1n) is 5.59. The van der Waals surface area contributed by atoms with E-state index in [-0.39, 0.29) is 0 Å². The van der Waals surface area contributed by atoms with E-state index in [4.69, 9.17) is 5.73 Å². The normalized spacial score (nSPS) is 19.5. The van der Waals surface area contributed by atoms with Crippen molar-refractivity contribution in [3.63, 3.8) is 0 Å². The zero-order chi connectivity index (χ0) is 9.36. The van der Waals surface area contributed by atoms with Crippen molar-refractivity contribution in [2.24, 2.45) is 5.73 Å². The molecule has 2 N–H and O–H groups in total. The van der Waals surface area contributed by atoms with Gasteiger partial charge in [0.2, 0.25) is 7.28 Å². The van der Waals surface area contributed by atoms with Gasteiger partial charge in [-0.1, -0.05) is 50.8 Å². The average Bonchev–Trinajstić information content (AvgIpc) is 2.08. The van der Waals surface area contributed by atoms with Crippen LogP contribution in [0.4, 0.5) is 0 Å². The van der Waals surface area contributed by atoms with Crippen molar-refractivity contribution in [1.29, 1.82) is 0 Å². The monoisotopic (exact) mass is 177 g/mol. The Kier molecular flexibility index (Phi) is 5.77. The molecule has 0 aromatic rings. The van der Waals surface area contributed by atoms with Gasteiger partial charge >= 0.3 is 0 Å². The Balaban J connectivity index is 2.21. The maximum atomic E-state index is 5.33. The molecule has 13 heavy (non-hydrogen) atoms. The molecule has 0 amide bonds. The molecule has 1 aliphatic rings. The van der Waals surface area contributed by atoms with Crippen LogP contribution in [0.2, 0.25) is 5.82 Å². The van der Waals surface area contributed by atoms with E-state index in [1.807, 2.05) is 0 Å². The fourth-order valence-corrected chi connectivity index (χ4v) is 2.03. The van der Waals surface area contributed by atoms with Crippen LogP contribution in [0.5, 0.6) is 0 Å². The summed E-state index contributed by atoms with van der Waals surface area (Å²) in [6.07, 6.45) is 9.91. The molecular formula is C11H20BN. The average molecular weight is 177 g/mol. The van der Waals surface area contributed by atoms with Crippen LogP contribution in [0, 0.1) is 11.7 Å². The molecule has 0 unspecified atom stereocenters. The Morgan fingerprint density at radius 1 is 1.08 bits per heavy atom. The van der Waals surface area contributed by atoms with Crippen LogP contribution in [0.1, 0.15) is 44.9 Å². The van der Waals surface area contributed by atoms with E-state index in [1.54, 1.807) is 0 Å². The first-order chi connectivity index (χ1) is 6.43. The minimum Gasteiger partial charge on any atom is -0.320 e. The van der Waals surface area contributed by atoms with E-state index in [2.05, 4.69) is 11.7 Å². The summed E-state index contributed by atoms with van der Waals surface area (Å²) in [5, 5.41) is 0. The molecular weight excluding hydrogens is 157 g/mol. The Labute approximate surface area is 82.7 Å². The van der Waals surface area contributed by atoms with Gasteiger partial charge < -0.3 is 5.73 Å². The van der Waals surface area contributed by atoms with Gasteiger partial charge in [-0.3, -0.25) is 0 Å². The summed E-state index contributed by atoms with van der Waals surface area (Å²) in [4.78, 5) is 0. The van der Waals surface area contributed by atoms with E-state index in [0.717, 1.165) is 13.1 Å². The van der Waals surface area contributed by atoms with Gasteiger partial charge in [-0.25, -0.2) is 0 Å². The van der Waals surface area contributed by atoms with E-state index in [1.165, 1.54) is 44.9 Å². The standard InChI is InChI=1S/C11H20BN/c13-10-6-9-12-11-7-4-2-1-3-5-8-11/h11-12H,1-5,7-8,10,13H2. The Morgan fingerprint density at radius 2 is 1.69 bits per heavy atom. The lowest BCUT2D eigenvalue weighted by atomic mass is 9.61. The highest BCUT2D eigenvalue weighted by Gasteiger charge is 2.10. The SMILES string of the molecule is NCC#CBC1CCCCCCC1. The van der Waals surface area contributed by atoms with Crippen molar-refractivity contribution >= 4 is 7.28 Å². The maximum absolute atomic E-state index is 5.33. The summed E-state index contributed by atoms with van der Waals surface area (Å²) in [7, 11) is 1.08. The first-order valence-corrected chi connectivity index (χ1v) is 5.59. The molecule has 1 saturated carbocycles. The van der Waals surface area contributed by atoms with Crippen LogP contribution >= 0.6 is 0 Å². The predicted octanol–water partition coefficient (Wildman–Crippen LogP) is 1.88. The van der Waals surface area contributed by atoms with Gasteiger partial charge in [-0.2, -0.15) is 5.82 Å². The highest BCUT2D eigenvalue weighted by atomic mass is 14.5. The number of hydrogen-bond acceptors (Lipinski definition) is 1. The lowest BCUT2D eigenvalue weighted by Crippen LogP contribution is -2.05.